The molecule has 2 aromatic rings. The summed E-state index contributed by atoms with van der Waals surface area (Å²) in [6.07, 6.45) is 5.20. The average molecular weight is 324 g/mol. The standard InChI is InChI=1S/C18H20N4O2/c1-24-20-14-15-2-4-16(5-3-15)18(23)22-12-10-21(11-13-22)17-6-8-19-9-7-17/h2-9,14H,10-13H2,1H3/b20-14+. The summed E-state index contributed by atoms with van der Waals surface area (Å²) < 4.78 is 0. The zero-order valence-corrected chi connectivity index (χ0v) is 13.6. The number of rotatable bonds is 4. The molecule has 1 saturated heterocycles. The summed E-state index contributed by atoms with van der Waals surface area (Å²) in [7, 11) is 1.50. The lowest BCUT2D eigenvalue weighted by Crippen LogP contribution is -2.48. The molecule has 6 heteroatoms. The van der Waals surface area contributed by atoms with E-state index < -0.39 is 0 Å². The number of hydrogen-bond donors (Lipinski definition) is 0. The molecule has 1 amide bonds. The smallest absolute Gasteiger partial charge is 0.253 e. The van der Waals surface area contributed by atoms with Crippen LogP contribution < -0.4 is 4.90 Å². The molecule has 0 unspecified atom stereocenters. The lowest BCUT2D eigenvalue weighted by molar-refractivity contribution is 0.0747. The van der Waals surface area contributed by atoms with Gasteiger partial charge in [0.25, 0.3) is 5.91 Å². The quantitative estimate of drug-likeness (QED) is 0.638. The van der Waals surface area contributed by atoms with E-state index in [4.69, 9.17) is 0 Å². The topological polar surface area (TPSA) is 58.0 Å². The van der Waals surface area contributed by atoms with Crippen molar-refractivity contribution in [3.05, 3.63) is 59.9 Å². The summed E-state index contributed by atoms with van der Waals surface area (Å²) in [5, 5.41) is 3.71. The van der Waals surface area contributed by atoms with Gasteiger partial charge in [-0.1, -0.05) is 17.3 Å². The number of carbonyl (C=O) groups excluding carboxylic acids is 1. The second kappa shape index (κ2) is 7.59. The third-order valence-electron chi connectivity index (χ3n) is 4.06. The molecule has 6 nitrogen and oxygen atoms in total. The fourth-order valence-electron chi connectivity index (χ4n) is 2.73. The first-order valence-corrected chi connectivity index (χ1v) is 7.89. The lowest BCUT2D eigenvalue weighted by Gasteiger charge is -2.36. The van der Waals surface area contributed by atoms with E-state index in [0.29, 0.717) is 18.7 Å². The highest BCUT2D eigenvalue weighted by atomic mass is 16.6. The molecular weight excluding hydrogens is 304 g/mol. The Labute approximate surface area is 141 Å². The number of nitrogens with zero attached hydrogens (tertiary/aromatic N) is 4. The molecule has 0 atom stereocenters. The molecule has 24 heavy (non-hydrogen) atoms. The van der Waals surface area contributed by atoms with Crippen molar-refractivity contribution in [3.8, 4) is 0 Å². The van der Waals surface area contributed by atoms with Crippen molar-refractivity contribution < 1.29 is 9.63 Å². The normalized spacial score (nSPS) is 14.9. The van der Waals surface area contributed by atoms with E-state index >= 15 is 0 Å². The van der Waals surface area contributed by atoms with Crippen molar-refractivity contribution in [1.82, 2.24) is 9.88 Å². The van der Waals surface area contributed by atoms with Gasteiger partial charge in [0.05, 0.1) is 6.21 Å². The van der Waals surface area contributed by atoms with Crippen LogP contribution in [0.25, 0.3) is 0 Å². The molecule has 124 valence electrons. The lowest BCUT2D eigenvalue weighted by atomic mass is 10.1. The Bertz CT molecular complexity index is 693. The van der Waals surface area contributed by atoms with Crippen LogP contribution in [0.2, 0.25) is 0 Å². The average Bonchev–Trinajstić information content (AvgIpc) is 2.67. The highest BCUT2D eigenvalue weighted by Crippen LogP contribution is 2.16. The molecular formula is C18H20N4O2. The van der Waals surface area contributed by atoms with Gasteiger partial charge in [0.1, 0.15) is 7.11 Å². The Morgan fingerprint density at radius 3 is 2.38 bits per heavy atom. The molecule has 0 aliphatic carbocycles. The molecule has 0 N–H and O–H groups in total. The molecule has 0 saturated carbocycles. The first-order chi connectivity index (χ1) is 11.8. The van der Waals surface area contributed by atoms with Crippen LogP contribution in [0.15, 0.2) is 53.9 Å². The highest BCUT2D eigenvalue weighted by molar-refractivity contribution is 5.95. The predicted octanol–water partition coefficient (Wildman–Crippen LogP) is 2.02. The minimum atomic E-state index is 0.0691. The fraction of sp³-hybridized carbons (Fsp3) is 0.278. The molecule has 2 heterocycles. The third-order valence-corrected chi connectivity index (χ3v) is 4.06. The zero-order valence-electron chi connectivity index (χ0n) is 13.6. The summed E-state index contributed by atoms with van der Waals surface area (Å²) in [4.78, 5) is 25.5. The number of anilines is 1. The Kier molecular flexibility index (Phi) is 5.05. The molecule has 0 radical (unpaired) electrons. The predicted molar refractivity (Wildman–Crippen MR) is 93.4 cm³/mol. The molecule has 3 rings (SSSR count). The number of hydrogen-bond acceptors (Lipinski definition) is 5. The first kappa shape index (κ1) is 16.0. The number of pyridine rings is 1. The zero-order chi connectivity index (χ0) is 16.8. The van der Waals surface area contributed by atoms with Gasteiger partial charge >= 0.3 is 0 Å². The van der Waals surface area contributed by atoms with Crippen molar-refractivity contribution >= 4 is 17.8 Å². The van der Waals surface area contributed by atoms with Crippen molar-refractivity contribution in [1.29, 1.82) is 0 Å². The van der Waals surface area contributed by atoms with Crippen LogP contribution in [0.1, 0.15) is 15.9 Å². The number of benzene rings is 1. The van der Waals surface area contributed by atoms with Gasteiger partial charge in [-0.3, -0.25) is 9.78 Å². The van der Waals surface area contributed by atoms with E-state index in [0.717, 1.165) is 24.3 Å². The second-order valence-electron chi connectivity index (χ2n) is 5.52. The summed E-state index contributed by atoms with van der Waals surface area (Å²) >= 11 is 0. The molecule has 0 spiro atoms. The Morgan fingerprint density at radius 2 is 1.75 bits per heavy atom. The van der Waals surface area contributed by atoms with E-state index in [2.05, 4.69) is 19.9 Å². The Balaban J connectivity index is 1.60. The molecule has 1 aliphatic heterocycles. The maximum Gasteiger partial charge on any atom is 0.253 e. The minimum absolute atomic E-state index is 0.0691. The van der Waals surface area contributed by atoms with Crippen LogP contribution in [0, 0.1) is 0 Å². The molecule has 0 bridgehead atoms. The summed E-state index contributed by atoms with van der Waals surface area (Å²) in [5.41, 5.74) is 2.75. The molecule has 1 aromatic carbocycles. The van der Waals surface area contributed by atoms with Gasteiger partial charge in [0, 0.05) is 49.8 Å². The van der Waals surface area contributed by atoms with Crippen molar-refractivity contribution in [3.63, 3.8) is 0 Å². The third kappa shape index (κ3) is 3.71. The van der Waals surface area contributed by atoms with Crippen LogP contribution in [-0.2, 0) is 4.84 Å². The second-order valence-corrected chi connectivity index (χ2v) is 5.52. The summed E-state index contributed by atoms with van der Waals surface area (Å²) in [5.74, 6) is 0.0691. The number of amides is 1. The van der Waals surface area contributed by atoms with Gasteiger partial charge in [0.15, 0.2) is 0 Å². The van der Waals surface area contributed by atoms with Gasteiger partial charge in [-0.2, -0.15) is 0 Å². The van der Waals surface area contributed by atoms with E-state index in [-0.39, 0.29) is 5.91 Å². The van der Waals surface area contributed by atoms with Crippen LogP contribution in [-0.4, -0.2) is 55.3 Å². The van der Waals surface area contributed by atoms with Crippen LogP contribution >= 0.6 is 0 Å². The van der Waals surface area contributed by atoms with Gasteiger partial charge in [-0.15, -0.1) is 0 Å². The van der Waals surface area contributed by atoms with E-state index in [9.17, 15) is 4.79 Å². The largest absolute Gasteiger partial charge is 0.399 e. The summed E-state index contributed by atoms with van der Waals surface area (Å²) in [6, 6.07) is 11.4. The molecule has 1 aliphatic rings. The highest BCUT2D eigenvalue weighted by Gasteiger charge is 2.22. The van der Waals surface area contributed by atoms with Crippen molar-refractivity contribution in [2.75, 3.05) is 38.2 Å². The Morgan fingerprint density at radius 1 is 1.08 bits per heavy atom. The van der Waals surface area contributed by atoms with E-state index in [1.54, 1.807) is 18.6 Å². The number of aromatic nitrogens is 1. The maximum atomic E-state index is 12.6. The summed E-state index contributed by atoms with van der Waals surface area (Å²) in [6.45, 7) is 3.09. The number of piperazine rings is 1. The van der Waals surface area contributed by atoms with Crippen molar-refractivity contribution in [2.45, 2.75) is 0 Å². The number of oxime groups is 1. The van der Waals surface area contributed by atoms with Gasteiger partial charge in [-0.05, 0) is 29.8 Å². The van der Waals surface area contributed by atoms with E-state index in [1.165, 1.54) is 7.11 Å². The van der Waals surface area contributed by atoms with E-state index in [1.807, 2.05) is 41.3 Å². The SMILES string of the molecule is CO/N=C/c1ccc(C(=O)N2CCN(c3ccncc3)CC2)cc1. The van der Waals surface area contributed by atoms with Gasteiger partial charge in [-0.25, -0.2) is 0 Å². The van der Waals surface area contributed by atoms with Crippen LogP contribution in [0.4, 0.5) is 5.69 Å². The molecule has 1 fully saturated rings. The first-order valence-electron chi connectivity index (χ1n) is 7.89. The van der Waals surface area contributed by atoms with Crippen LogP contribution in [0.5, 0.6) is 0 Å². The number of carbonyl (C=O) groups is 1. The van der Waals surface area contributed by atoms with Gasteiger partial charge < -0.3 is 14.6 Å². The Hall–Kier alpha value is -2.89. The van der Waals surface area contributed by atoms with Gasteiger partial charge in [0.2, 0.25) is 0 Å². The van der Waals surface area contributed by atoms with Crippen molar-refractivity contribution in [2.24, 2.45) is 5.16 Å². The minimum Gasteiger partial charge on any atom is -0.399 e. The fourth-order valence-corrected chi connectivity index (χ4v) is 2.73. The maximum absolute atomic E-state index is 12.6. The van der Waals surface area contributed by atoms with Crippen LogP contribution in [0.3, 0.4) is 0 Å². The monoisotopic (exact) mass is 324 g/mol. The molecule has 1 aromatic heterocycles.